The van der Waals surface area contributed by atoms with E-state index in [9.17, 15) is 14.7 Å². The third-order valence-electron chi connectivity index (χ3n) is 3.38. The Bertz CT molecular complexity index is 965. The first-order chi connectivity index (χ1) is 11.6. The second kappa shape index (κ2) is 6.41. The van der Waals surface area contributed by atoms with E-state index in [2.05, 4.69) is 10.3 Å². The molecule has 0 atom stereocenters. The number of hydrogen-bond acceptors (Lipinski definition) is 6. The van der Waals surface area contributed by atoms with Crippen LogP contribution in [0.1, 0.15) is 6.92 Å². The van der Waals surface area contributed by atoms with Gasteiger partial charge in [0.2, 0.25) is 5.43 Å². The van der Waals surface area contributed by atoms with Crippen LogP contribution in [0.15, 0.2) is 52.1 Å². The van der Waals surface area contributed by atoms with Crippen LogP contribution in [0.4, 0.5) is 10.5 Å². The molecule has 1 amide bonds. The maximum atomic E-state index is 12.7. The van der Waals surface area contributed by atoms with Crippen molar-refractivity contribution >= 4 is 22.7 Å². The van der Waals surface area contributed by atoms with Gasteiger partial charge in [-0.3, -0.25) is 15.1 Å². The van der Waals surface area contributed by atoms with Crippen molar-refractivity contribution in [3.05, 3.63) is 53.1 Å². The zero-order valence-corrected chi connectivity index (χ0v) is 12.8. The SMILES string of the molecule is CCOC(=O)Nc1cc(O)ccc1-c1coc2cnccc2c1=O. The van der Waals surface area contributed by atoms with E-state index < -0.39 is 6.09 Å². The van der Waals surface area contributed by atoms with E-state index in [0.717, 1.165) is 0 Å². The largest absolute Gasteiger partial charge is 0.508 e. The first-order valence-corrected chi connectivity index (χ1v) is 7.23. The van der Waals surface area contributed by atoms with Crippen LogP contribution in [0, 0.1) is 0 Å². The molecule has 0 aliphatic carbocycles. The molecular formula is C17H14N2O5. The topological polar surface area (TPSA) is 102 Å². The maximum Gasteiger partial charge on any atom is 0.411 e. The molecule has 0 bridgehead atoms. The molecule has 0 aliphatic heterocycles. The Hall–Kier alpha value is -3.35. The van der Waals surface area contributed by atoms with E-state index in [1.807, 2.05) is 0 Å². The average molecular weight is 326 g/mol. The zero-order valence-electron chi connectivity index (χ0n) is 12.8. The van der Waals surface area contributed by atoms with Crippen LogP contribution in [0.25, 0.3) is 22.1 Å². The lowest BCUT2D eigenvalue weighted by molar-refractivity contribution is 0.168. The fraction of sp³-hybridized carbons (Fsp3) is 0.118. The molecule has 3 aromatic rings. The highest BCUT2D eigenvalue weighted by atomic mass is 16.5. The summed E-state index contributed by atoms with van der Waals surface area (Å²) in [4.78, 5) is 28.3. The predicted octanol–water partition coefficient (Wildman–Crippen LogP) is 3.13. The molecule has 7 heteroatoms. The van der Waals surface area contributed by atoms with Crippen molar-refractivity contribution in [2.45, 2.75) is 6.92 Å². The van der Waals surface area contributed by atoms with E-state index in [1.165, 1.54) is 36.9 Å². The van der Waals surface area contributed by atoms with Gasteiger partial charge in [0.05, 0.1) is 29.4 Å². The summed E-state index contributed by atoms with van der Waals surface area (Å²) in [6.07, 6.45) is 3.57. The minimum atomic E-state index is -0.682. The molecule has 0 saturated carbocycles. The number of aromatic nitrogens is 1. The monoisotopic (exact) mass is 326 g/mol. The van der Waals surface area contributed by atoms with E-state index in [-0.39, 0.29) is 29.0 Å². The van der Waals surface area contributed by atoms with Crippen LogP contribution in [0.3, 0.4) is 0 Å². The number of rotatable bonds is 3. The lowest BCUT2D eigenvalue weighted by Crippen LogP contribution is -2.15. The van der Waals surface area contributed by atoms with Crippen LogP contribution < -0.4 is 10.7 Å². The van der Waals surface area contributed by atoms with E-state index in [4.69, 9.17) is 9.15 Å². The summed E-state index contributed by atoms with van der Waals surface area (Å²) in [5.41, 5.74) is 1.00. The number of carbonyl (C=O) groups excluding carboxylic acids is 1. The third-order valence-corrected chi connectivity index (χ3v) is 3.38. The number of nitrogens with one attached hydrogen (secondary N) is 1. The summed E-state index contributed by atoms with van der Waals surface area (Å²) in [6.45, 7) is 1.88. The van der Waals surface area contributed by atoms with Crippen LogP contribution in [-0.2, 0) is 4.74 Å². The molecule has 0 unspecified atom stereocenters. The Morgan fingerprint density at radius 1 is 1.33 bits per heavy atom. The third kappa shape index (κ3) is 2.91. The molecule has 2 aromatic heterocycles. The summed E-state index contributed by atoms with van der Waals surface area (Å²) >= 11 is 0. The van der Waals surface area contributed by atoms with Crippen LogP contribution in [0.2, 0.25) is 0 Å². The van der Waals surface area contributed by atoms with E-state index in [0.29, 0.717) is 16.5 Å². The van der Waals surface area contributed by atoms with Gasteiger partial charge in [-0.1, -0.05) is 0 Å². The lowest BCUT2D eigenvalue weighted by atomic mass is 10.0. The van der Waals surface area contributed by atoms with Gasteiger partial charge in [0.1, 0.15) is 12.0 Å². The van der Waals surface area contributed by atoms with Crippen LogP contribution in [0.5, 0.6) is 5.75 Å². The number of fused-ring (bicyclic) bond motifs is 1. The molecule has 7 nitrogen and oxygen atoms in total. The Morgan fingerprint density at radius 2 is 2.17 bits per heavy atom. The molecule has 0 radical (unpaired) electrons. The number of ether oxygens (including phenoxy) is 1. The quantitative estimate of drug-likeness (QED) is 0.766. The first-order valence-electron chi connectivity index (χ1n) is 7.23. The van der Waals surface area contributed by atoms with Gasteiger partial charge in [-0.05, 0) is 25.1 Å². The molecule has 0 fully saturated rings. The number of phenols is 1. The van der Waals surface area contributed by atoms with Gasteiger partial charge in [-0.25, -0.2) is 4.79 Å². The fourth-order valence-electron chi connectivity index (χ4n) is 2.32. The number of hydrogen-bond donors (Lipinski definition) is 2. The Balaban J connectivity index is 2.14. The van der Waals surface area contributed by atoms with Crippen molar-refractivity contribution < 1.29 is 19.1 Å². The second-order valence-corrected chi connectivity index (χ2v) is 4.93. The second-order valence-electron chi connectivity index (χ2n) is 4.93. The Labute approximate surface area is 136 Å². The first kappa shape index (κ1) is 15.5. The number of benzene rings is 1. The normalized spacial score (nSPS) is 10.5. The van der Waals surface area contributed by atoms with E-state index in [1.54, 1.807) is 13.0 Å². The van der Waals surface area contributed by atoms with Crippen LogP contribution in [-0.4, -0.2) is 22.8 Å². The van der Waals surface area contributed by atoms with Gasteiger partial charge >= 0.3 is 6.09 Å². The van der Waals surface area contributed by atoms with Crippen molar-refractivity contribution in [2.75, 3.05) is 11.9 Å². The summed E-state index contributed by atoms with van der Waals surface area (Å²) in [6, 6.07) is 5.84. The minimum Gasteiger partial charge on any atom is -0.508 e. The highest BCUT2D eigenvalue weighted by Gasteiger charge is 2.15. The van der Waals surface area contributed by atoms with Crippen molar-refractivity contribution in [1.29, 1.82) is 0 Å². The van der Waals surface area contributed by atoms with E-state index >= 15 is 0 Å². The summed E-state index contributed by atoms with van der Waals surface area (Å²) < 4.78 is 10.3. The number of amides is 1. The molecule has 0 spiro atoms. The van der Waals surface area contributed by atoms with Crippen molar-refractivity contribution in [1.82, 2.24) is 4.98 Å². The molecule has 1 aromatic carbocycles. The molecule has 2 heterocycles. The van der Waals surface area contributed by atoms with Crippen molar-refractivity contribution in [3.8, 4) is 16.9 Å². The molecule has 0 saturated heterocycles. The van der Waals surface area contributed by atoms with Crippen LogP contribution >= 0.6 is 0 Å². The number of phenolic OH excluding ortho intramolecular Hbond substituents is 1. The number of nitrogens with zero attached hydrogens (tertiary/aromatic N) is 1. The highest BCUT2D eigenvalue weighted by Crippen LogP contribution is 2.30. The summed E-state index contributed by atoms with van der Waals surface area (Å²) in [5, 5.41) is 12.6. The Morgan fingerprint density at radius 3 is 2.96 bits per heavy atom. The molecule has 2 N–H and O–H groups in total. The fourth-order valence-corrected chi connectivity index (χ4v) is 2.32. The molecule has 122 valence electrons. The minimum absolute atomic E-state index is 0.0556. The smallest absolute Gasteiger partial charge is 0.411 e. The van der Waals surface area contributed by atoms with Gasteiger partial charge in [0, 0.05) is 17.8 Å². The van der Waals surface area contributed by atoms with Gasteiger partial charge < -0.3 is 14.3 Å². The van der Waals surface area contributed by atoms with Gasteiger partial charge in [-0.15, -0.1) is 0 Å². The highest BCUT2D eigenvalue weighted by molar-refractivity contribution is 5.93. The van der Waals surface area contributed by atoms with Crippen molar-refractivity contribution in [2.24, 2.45) is 0 Å². The average Bonchev–Trinajstić information content (AvgIpc) is 2.56. The zero-order chi connectivity index (χ0) is 17.1. The predicted molar refractivity (Wildman–Crippen MR) is 88.0 cm³/mol. The number of anilines is 1. The number of aromatic hydroxyl groups is 1. The van der Waals surface area contributed by atoms with Gasteiger partial charge in [0.15, 0.2) is 5.58 Å². The summed E-state index contributed by atoms with van der Waals surface area (Å²) in [7, 11) is 0. The van der Waals surface area contributed by atoms with Gasteiger partial charge in [-0.2, -0.15) is 0 Å². The summed E-state index contributed by atoms with van der Waals surface area (Å²) in [5.74, 6) is -0.0556. The molecule has 0 aliphatic rings. The number of carbonyl (C=O) groups is 1. The lowest BCUT2D eigenvalue weighted by Gasteiger charge is -2.11. The standard InChI is InChI=1S/C17H14N2O5/c1-2-23-17(22)19-14-7-10(20)3-4-11(14)13-9-24-15-8-18-6-5-12(15)16(13)21/h3-9,20H,2H2,1H3,(H,19,22). The molecule has 24 heavy (non-hydrogen) atoms. The van der Waals surface area contributed by atoms with Crippen molar-refractivity contribution in [3.63, 3.8) is 0 Å². The maximum absolute atomic E-state index is 12.7. The number of pyridine rings is 1. The Kier molecular flexibility index (Phi) is 4.15. The molecular weight excluding hydrogens is 312 g/mol. The van der Waals surface area contributed by atoms with Gasteiger partial charge in [0.25, 0.3) is 0 Å². The molecule has 3 rings (SSSR count).